The van der Waals surface area contributed by atoms with E-state index in [1.54, 1.807) is 0 Å². The lowest BCUT2D eigenvalue weighted by molar-refractivity contribution is 0.124. The molecule has 0 radical (unpaired) electrons. The van der Waals surface area contributed by atoms with Crippen molar-refractivity contribution in [3.63, 3.8) is 0 Å². The Balaban J connectivity index is 2.07. The van der Waals surface area contributed by atoms with Gasteiger partial charge in [-0.2, -0.15) is 0 Å². The van der Waals surface area contributed by atoms with Crippen LogP contribution in [0.1, 0.15) is 12.8 Å². The van der Waals surface area contributed by atoms with E-state index in [0.717, 1.165) is 12.8 Å². The quantitative estimate of drug-likeness (QED) is 0.351. The molecule has 3 N–H and O–H groups in total. The van der Waals surface area contributed by atoms with Gasteiger partial charge >= 0.3 is 6.03 Å². The van der Waals surface area contributed by atoms with Gasteiger partial charge in [0.05, 0.1) is 0 Å². The van der Waals surface area contributed by atoms with E-state index in [-0.39, 0.29) is 17.7 Å². The van der Waals surface area contributed by atoms with Gasteiger partial charge in [-0.05, 0) is 12.8 Å². The van der Waals surface area contributed by atoms with Crippen molar-refractivity contribution in [1.82, 2.24) is 21.3 Å². The van der Waals surface area contributed by atoms with E-state index in [2.05, 4.69) is 16.3 Å². The van der Waals surface area contributed by atoms with Crippen molar-refractivity contribution in [2.45, 2.75) is 24.5 Å². The van der Waals surface area contributed by atoms with Crippen molar-refractivity contribution in [3.05, 3.63) is 0 Å². The number of halogens is 1. The number of nitrogens with zero attached hydrogens (tertiary/aromatic N) is 1. The van der Waals surface area contributed by atoms with Crippen LogP contribution in [0.4, 0.5) is 4.79 Å². The number of carbonyl (C=O) groups is 1. The van der Waals surface area contributed by atoms with E-state index in [0.29, 0.717) is 0 Å². The van der Waals surface area contributed by atoms with Gasteiger partial charge < -0.3 is 0 Å². The number of hydrazine groups is 2. The van der Waals surface area contributed by atoms with Crippen molar-refractivity contribution >= 4 is 17.6 Å². The van der Waals surface area contributed by atoms with E-state index in [9.17, 15) is 4.79 Å². The highest BCUT2D eigenvalue weighted by Gasteiger charge is 2.35. The lowest BCUT2D eigenvalue weighted by Gasteiger charge is -2.30. The van der Waals surface area contributed by atoms with Gasteiger partial charge in [0.25, 0.3) is 0 Å². The largest absolute Gasteiger partial charge is 0.347 e. The standard InChI is InChI=1S/C5H9ClN4O/c6-3-1-2-4-7-8-5(11)10(4)9-3/h3-4,7,9H,1-2H2,(H,8,11). The van der Waals surface area contributed by atoms with E-state index in [1.807, 2.05) is 0 Å². The number of nitrogens with one attached hydrogen (secondary N) is 3. The Morgan fingerprint density at radius 2 is 2.36 bits per heavy atom. The summed E-state index contributed by atoms with van der Waals surface area (Å²) in [5, 5.41) is 1.49. The number of carbonyl (C=O) groups excluding carboxylic acids is 1. The van der Waals surface area contributed by atoms with Crippen LogP contribution < -0.4 is 16.3 Å². The smallest absolute Gasteiger partial charge is 0.270 e. The molecule has 2 aliphatic heterocycles. The number of urea groups is 1. The third-order valence-electron chi connectivity index (χ3n) is 1.85. The number of hydrogen-bond acceptors (Lipinski definition) is 3. The summed E-state index contributed by atoms with van der Waals surface area (Å²) in [5.41, 5.74) is 8.06. The molecule has 0 bridgehead atoms. The molecule has 2 heterocycles. The molecule has 2 aliphatic rings. The minimum atomic E-state index is -0.166. The zero-order valence-electron chi connectivity index (χ0n) is 5.80. The van der Waals surface area contributed by atoms with Gasteiger partial charge in [-0.3, -0.25) is 5.43 Å². The van der Waals surface area contributed by atoms with Crippen LogP contribution in [0.5, 0.6) is 0 Å². The van der Waals surface area contributed by atoms with Crippen molar-refractivity contribution in [2.75, 3.05) is 0 Å². The number of rotatable bonds is 0. The Hall–Kier alpha value is -0.520. The molecule has 2 fully saturated rings. The molecule has 2 rings (SSSR count). The average molecular weight is 177 g/mol. The molecular weight excluding hydrogens is 168 g/mol. The van der Waals surface area contributed by atoms with Crippen LogP contribution in [-0.2, 0) is 0 Å². The van der Waals surface area contributed by atoms with Gasteiger partial charge in [0.15, 0.2) is 0 Å². The van der Waals surface area contributed by atoms with Gasteiger partial charge in [-0.1, -0.05) is 0 Å². The maximum atomic E-state index is 11.0. The molecule has 6 heteroatoms. The maximum absolute atomic E-state index is 11.0. The molecular formula is C5H9ClN4O. The molecule has 2 atom stereocenters. The molecule has 5 nitrogen and oxygen atoms in total. The molecule has 2 amide bonds. The SMILES string of the molecule is O=C1NNC2CCC(Cl)NN12. The molecule has 0 spiro atoms. The summed E-state index contributed by atoms with van der Waals surface area (Å²) in [6.07, 6.45) is 1.79. The van der Waals surface area contributed by atoms with Crippen molar-refractivity contribution in [2.24, 2.45) is 0 Å². The Labute approximate surface area is 69.0 Å². The van der Waals surface area contributed by atoms with Gasteiger partial charge in [0, 0.05) is 0 Å². The average Bonchev–Trinajstić information content (AvgIpc) is 2.33. The first-order valence-electron chi connectivity index (χ1n) is 3.52. The second kappa shape index (κ2) is 2.51. The van der Waals surface area contributed by atoms with Crippen LogP contribution in [0.3, 0.4) is 0 Å². The third-order valence-corrected chi connectivity index (χ3v) is 2.16. The van der Waals surface area contributed by atoms with Gasteiger partial charge in [-0.25, -0.2) is 20.7 Å². The first-order valence-corrected chi connectivity index (χ1v) is 3.96. The summed E-state index contributed by atoms with van der Waals surface area (Å²) in [5.74, 6) is 0. The van der Waals surface area contributed by atoms with E-state index in [4.69, 9.17) is 11.6 Å². The summed E-state index contributed by atoms with van der Waals surface area (Å²) >= 11 is 5.79. The fraction of sp³-hybridized carbons (Fsp3) is 0.800. The first kappa shape index (κ1) is 7.15. The van der Waals surface area contributed by atoms with E-state index < -0.39 is 0 Å². The maximum Gasteiger partial charge on any atom is 0.347 e. The molecule has 2 saturated heterocycles. The van der Waals surface area contributed by atoms with Crippen LogP contribution in [0.2, 0.25) is 0 Å². The highest BCUT2D eigenvalue weighted by Crippen LogP contribution is 2.16. The third kappa shape index (κ3) is 1.15. The second-order valence-electron chi connectivity index (χ2n) is 2.63. The monoisotopic (exact) mass is 176 g/mol. The van der Waals surface area contributed by atoms with Gasteiger partial charge in [0.1, 0.15) is 11.7 Å². The molecule has 2 unspecified atom stereocenters. The Morgan fingerprint density at radius 1 is 1.55 bits per heavy atom. The number of hydrogen-bond donors (Lipinski definition) is 3. The second-order valence-corrected chi connectivity index (χ2v) is 3.16. The minimum absolute atomic E-state index is 0.0532. The first-order chi connectivity index (χ1) is 5.27. The van der Waals surface area contributed by atoms with Crippen LogP contribution >= 0.6 is 11.6 Å². The highest BCUT2D eigenvalue weighted by molar-refractivity contribution is 6.20. The Kier molecular flexibility index (Phi) is 1.63. The van der Waals surface area contributed by atoms with Crippen LogP contribution in [-0.4, -0.2) is 22.7 Å². The fourth-order valence-corrected chi connectivity index (χ4v) is 1.51. The predicted molar refractivity (Wildman–Crippen MR) is 39.3 cm³/mol. The summed E-state index contributed by atoms with van der Waals surface area (Å²) in [7, 11) is 0. The fourth-order valence-electron chi connectivity index (χ4n) is 1.28. The Morgan fingerprint density at radius 3 is 3.18 bits per heavy atom. The highest BCUT2D eigenvalue weighted by atomic mass is 35.5. The van der Waals surface area contributed by atoms with Crippen molar-refractivity contribution < 1.29 is 4.79 Å². The molecule has 62 valence electrons. The predicted octanol–water partition coefficient (Wildman–Crippen LogP) is -0.294. The summed E-state index contributed by atoms with van der Waals surface area (Å²) in [4.78, 5) is 11.0. The zero-order chi connectivity index (χ0) is 7.84. The Bertz CT molecular complexity index is 187. The summed E-state index contributed by atoms with van der Waals surface area (Å²) in [6, 6.07) is -0.166. The van der Waals surface area contributed by atoms with E-state index in [1.165, 1.54) is 5.01 Å². The van der Waals surface area contributed by atoms with Crippen molar-refractivity contribution in [3.8, 4) is 0 Å². The molecule has 11 heavy (non-hydrogen) atoms. The van der Waals surface area contributed by atoms with Crippen LogP contribution in [0.25, 0.3) is 0 Å². The molecule has 0 aromatic heterocycles. The molecule has 0 aliphatic carbocycles. The molecule has 0 aromatic rings. The van der Waals surface area contributed by atoms with E-state index >= 15 is 0 Å². The number of amides is 2. The lowest BCUT2D eigenvalue weighted by atomic mass is 10.2. The summed E-state index contributed by atoms with van der Waals surface area (Å²) < 4.78 is 0. The molecule has 0 saturated carbocycles. The van der Waals surface area contributed by atoms with Gasteiger partial charge in [-0.15, -0.1) is 11.6 Å². The topological polar surface area (TPSA) is 56.4 Å². The number of fused-ring (bicyclic) bond motifs is 1. The normalized spacial score (nSPS) is 36.8. The summed E-state index contributed by atoms with van der Waals surface area (Å²) in [6.45, 7) is 0. The van der Waals surface area contributed by atoms with Crippen molar-refractivity contribution in [1.29, 1.82) is 0 Å². The van der Waals surface area contributed by atoms with Crippen LogP contribution in [0.15, 0.2) is 0 Å². The van der Waals surface area contributed by atoms with Crippen LogP contribution in [0, 0.1) is 0 Å². The minimum Gasteiger partial charge on any atom is -0.270 e. The number of alkyl halides is 1. The molecule has 0 aromatic carbocycles. The van der Waals surface area contributed by atoms with Gasteiger partial charge in [0.2, 0.25) is 0 Å². The lowest BCUT2D eigenvalue weighted by Crippen LogP contribution is -2.53. The zero-order valence-corrected chi connectivity index (χ0v) is 6.56.